The maximum Gasteiger partial charge on any atom is 0.306 e. The lowest BCUT2D eigenvalue weighted by Crippen LogP contribution is -2.40. The topological polar surface area (TPSA) is 150 Å². The molecule has 1 aliphatic heterocycles. The Morgan fingerprint density at radius 3 is 2.34 bits per heavy atom. The third kappa shape index (κ3) is 7.75. The lowest BCUT2D eigenvalue weighted by atomic mass is 10.0. The summed E-state index contributed by atoms with van der Waals surface area (Å²) in [5.74, 6) is 0.203. The lowest BCUT2D eigenvalue weighted by molar-refractivity contribution is -0.142. The molecule has 0 saturated carbocycles. The van der Waals surface area contributed by atoms with Gasteiger partial charge in [0.1, 0.15) is 17.7 Å². The Bertz CT molecular complexity index is 1520. The van der Waals surface area contributed by atoms with Gasteiger partial charge in [0.2, 0.25) is 10.0 Å². The van der Waals surface area contributed by atoms with Gasteiger partial charge in [-0.3, -0.25) is 19.9 Å². The van der Waals surface area contributed by atoms with Gasteiger partial charge in [-0.15, -0.1) is 0 Å². The van der Waals surface area contributed by atoms with Crippen molar-refractivity contribution in [3.8, 4) is 5.75 Å². The maximum absolute atomic E-state index is 13.6. The SMILES string of the molecule is CCOC(=O)CCS(=O)(=O)N(Cc1ccc2ccc(C(=N)N)cc2c1)c1ccc(OC2CCN(C(C)=N)CC2)cc1. The molecule has 0 unspecified atom stereocenters. The number of benzene rings is 3. The normalized spacial score (nSPS) is 14.0. The van der Waals surface area contributed by atoms with Crippen molar-refractivity contribution in [2.24, 2.45) is 5.73 Å². The van der Waals surface area contributed by atoms with Crippen molar-refractivity contribution in [2.75, 3.05) is 29.8 Å². The Hall–Kier alpha value is -4.12. The van der Waals surface area contributed by atoms with Crippen molar-refractivity contribution < 1.29 is 22.7 Å². The minimum absolute atomic E-state index is 0.0263. The fourth-order valence-electron chi connectivity index (χ4n) is 4.83. The fraction of sp³-hybridized carbons (Fsp3) is 0.367. The molecule has 41 heavy (non-hydrogen) atoms. The molecule has 1 aliphatic rings. The average molecular weight is 580 g/mol. The highest BCUT2D eigenvalue weighted by atomic mass is 32.2. The fourth-order valence-corrected chi connectivity index (χ4v) is 6.26. The molecular formula is C30H37N5O5S. The van der Waals surface area contributed by atoms with E-state index in [-0.39, 0.29) is 31.5 Å². The highest BCUT2D eigenvalue weighted by Crippen LogP contribution is 2.28. The van der Waals surface area contributed by atoms with Crippen LogP contribution < -0.4 is 14.8 Å². The summed E-state index contributed by atoms with van der Waals surface area (Å²) in [5.41, 5.74) is 7.44. The van der Waals surface area contributed by atoms with E-state index in [9.17, 15) is 13.2 Å². The zero-order valence-electron chi connectivity index (χ0n) is 23.4. The Morgan fingerprint density at radius 2 is 1.71 bits per heavy atom. The van der Waals surface area contributed by atoms with Crippen LogP contribution in [0.4, 0.5) is 5.69 Å². The number of nitrogens with two attached hydrogens (primary N) is 1. The second-order valence-corrected chi connectivity index (χ2v) is 12.1. The van der Waals surface area contributed by atoms with Crippen molar-refractivity contribution in [3.05, 3.63) is 71.8 Å². The number of hydrogen-bond acceptors (Lipinski definition) is 7. The quantitative estimate of drug-likeness (QED) is 0.175. The number of likely N-dealkylation sites (tertiary alicyclic amines) is 1. The molecule has 3 aromatic rings. The number of rotatable bonds is 11. The van der Waals surface area contributed by atoms with E-state index in [4.69, 9.17) is 26.0 Å². The molecule has 0 aromatic heterocycles. The van der Waals surface area contributed by atoms with Crippen LogP contribution in [-0.2, 0) is 26.1 Å². The summed E-state index contributed by atoms with van der Waals surface area (Å²) >= 11 is 0. The molecule has 4 N–H and O–H groups in total. The number of fused-ring (bicyclic) bond motifs is 1. The molecule has 3 aromatic carbocycles. The molecule has 0 amide bonds. The molecule has 1 fully saturated rings. The predicted molar refractivity (Wildman–Crippen MR) is 161 cm³/mol. The first-order chi connectivity index (χ1) is 19.6. The van der Waals surface area contributed by atoms with E-state index in [1.165, 1.54) is 4.31 Å². The Labute approximate surface area is 241 Å². The molecule has 0 aliphatic carbocycles. The van der Waals surface area contributed by atoms with Crippen molar-refractivity contribution in [2.45, 2.75) is 45.8 Å². The molecule has 0 radical (unpaired) electrons. The summed E-state index contributed by atoms with van der Waals surface area (Å²) < 4.78 is 39.5. The van der Waals surface area contributed by atoms with Crippen LogP contribution in [-0.4, -0.2) is 62.5 Å². The molecule has 1 saturated heterocycles. The van der Waals surface area contributed by atoms with Gasteiger partial charge in [-0.1, -0.05) is 24.3 Å². The van der Waals surface area contributed by atoms with Crippen LogP contribution in [0.2, 0.25) is 0 Å². The van der Waals surface area contributed by atoms with E-state index in [0.29, 0.717) is 22.8 Å². The van der Waals surface area contributed by atoms with Crippen LogP contribution in [0.25, 0.3) is 10.8 Å². The van der Waals surface area contributed by atoms with Crippen molar-refractivity contribution in [3.63, 3.8) is 0 Å². The minimum atomic E-state index is -3.90. The number of carbonyl (C=O) groups excluding carboxylic acids is 1. The first-order valence-corrected chi connectivity index (χ1v) is 15.3. The molecule has 4 rings (SSSR count). The standard InChI is InChI=1S/C30H37N5O5S/c1-3-39-29(36)14-17-41(37,38)35(20-22-4-5-23-6-7-24(30(32)33)19-25(23)18-22)26-8-10-27(11-9-26)40-28-12-15-34(16-13-28)21(2)31/h4-11,18-19,28,31H,3,12-17,20H2,1-2H3,(H3,32,33). The van der Waals surface area contributed by atoms with E-state index < -0.39 is 21.7 Å². The van der Waals surface area contributed by atoms with E-state index in [0.717, 1.165) is 42.3 Å². The Kier molecular flexibility index (Phi) is 9.49. The van der Waals surface area contributed by atoms with Crippen molar-refractivity contribution in [1.29, 1.82) is 10.8 Å². The maximum atomic E-state index is 13.6. The number of nitrogens with zero attached hydrogens (tertiary/aromatic N) is 2. The number of ether oxygens (including phenoxy) is 2. The molecule has 1 heterocycles. The van der Waals surface area contributed by atoms with Gasteiger partial charge in [-0.05, 0) is 66.6 Å². The number of piperidine rings is 1. The van der Waals surface area contributed by atoms with E-state index in [1.807, 2.05) is 29.2 Å². The van der Waals surface area contributed by atoms with E-state index >= 15 is 0 Å². The van der Waals surface area contributed by atoms with Crippen molar-refractivity contribution in [1.82, 2.24) is 4.90 Å². The minimum Gasteiger partial charge on any atom is -0.490 e. The number of esters is 1. The Balaban J connectivity index is 1.57. The summed E-state index contributed by atoms with van der Waals surface area (Å²) in [5, 5.41) is 17.3. The highest BCUT2D eigenvalue weighted by Gasteiger charge is 2.25. The van der Waals surface area contributed by atoms with Gasteiger partial charge in [0.15, 0.2) is 0 Å². The first kappa shape index (κ1) is 29.9. The van der Waals surface area contributed by atoms with Crippen molar-refractivity contribution >= 4 is 44.1 Å². The Morgan fingerprint density at radius 1 is 1.02 bits per heavy atom. The van der Waals surface area contributed by atoms with Crippen LogP contribution >= 0.6 is 0 Å². The lowest BCUT2D eigenvalue weighted by Gasteiger charge is -2.33. The molecular weight excluding hydrogens is 542 g/mol. The van der Waals surface area contributed by atoms with E-state index in [2.05, 4.69) is 0 Å². The second-order valence-electron chi connectivity index (χ2n) is 10.1. The number of carbonyl (C=O) groups is 1. The summed E-state index contributed by atoms with van der Waals surface area (Å²) in [7, 11) is -3.90. The third-order valence-corrected chi connectivity index (χ3v) is 8.82. The number of amidine groups is 2. The molecule has 0 atom stereocenters. The number of sulfonamides is 1. The summed E-state index contributed by atoms with van der Waals surface area (Å²) in [4.78, 5) is 14.0. The van der Waals surface area contributed by atoms with E-state index in [1.54, 1.807) is 50.2 Å². The highest BCUT2D eigenvalue weighted by molar-refractivity contribution is 7.92. The third-order valence-electron chi connectivity index (χ3n) is 7.09. The predicted octanol–water partition coefficient (Wildman–Crippen LogP) is 4.25. The van der Waals surface area contributed by atoms with Gasteiger partial charge in [-0.2, -0.15) is 0 Å². The van der Waals surface area contributed by atoms with Crippen LogP contribution in [0.15, 0.2) is 60.7 Å². The van der Waals surface area contributed by atoms with Gasteiger partial charge < -0.3 is 20.1 Å². The van der Waals surface area contributed by atoms with Crippen LogP contribution in [0.5, 0.6) is 5.75 Å². The summed E-state index contributed by atoms with van der Waals surface area (Å²) in [6.45, 7) is 5.23. The van der Waals surface area contributed by atoms with Crippen LogP contribution in [0, 0.1) is 10.8 Å². The van der Waals surface area contributed by atoms with Gasteiger partial charge in [0, 0.05) is 31.5 Å². The van der Waals surface area contributed by atoms with Crippen LogP contribution in [0.1, 0.15) is 44.2 Å². The van der Waals surface area contributed by atoms with Gasteiger partial charge in [0.05, 0.1) is 36.8 Å². The largest absolute Gasteiger partial charge is 0.490 e. The number of nitrogen functional groups attached to an aromatic ring is 1. The zero-order chi connectivity index (χ0) is 29.6. The zero-order valence-corrected chi connectivity index (χ0v) is 24.2. The number of anilines is 1. The monoisotopic (exact) mass is 579 g/mol. The first-order valence-electron chi connectivity index (χ1n) is 13.7. The van der Waals surface area contributed by atoms with Gasteiger partial charge in [-0.25, -0.2) is 8.42 Å². The molecule has 218 valence electrons. The molecule has 0 bridgehead atoms. The summed E-state index contributed by atoms with van der Waals surface area (Å²) in [6.07, 6.45) is 1.39. The van der Waals surface area contributed by atoms with Crippen LogP contribution in [0.3, 0.4) is 0 Å². The van der Waals surface area contributed by atoms with Gasteiger partial charge >= 0.3 is 5.97 Å². The smallest absolute Gasteiger partial charge is 0.306 e. The van der Waals surface area contributed by atoms with Gasteiger partial charge in [0.25, 0.3) is 0 Å². The summed E-state index contributed by atoms with van der Waals surface area (Å²) in [6, 6.07) is 18.1. The number of hydrogen-bond donors (Lipinski definition) is 3. The molecule has 11 heteroatoms. The molecule has 10 nitrogen and oxygen atoms in total. The second kappa shape index (κ2) is 13.0. The number of nitrogens with one attached hydrogen (secondary N) is 2. The average Bonchev–Trinajstić information content (AvgIpc) is 2.95. The molecule has 0 spiro atoms.